The van der Waals surface area contributed by atoms with Gasteiger partial charge < -0.3 is 9.47 Å². The van der Waals surface area contributed by atoms with Crippen molar-refractivity contribution in [2.45, 2.75) is 59.3 Å². The van der Waals surface area contributed by atoms with Crippen LogP contribution in [0.5, 0.6) is 0 Å². The lowest BCUT2D eigenvalue weighted by molar-refractivity contribution is 0.0545. The maximum atomic E-state index is 13.4. The third-order valence-electron chi connectivity index (χ3n) is 2.65. The predicted molar refractivity (Wildman–Crippen MR) is 109 cm³/mol. The van der Waals surface area contributed by atoms with Crippen LogP contribution >= 0.6 is 22.6 Å². The van der Waals surface area contributed by atoms with Gasteiger partial charge in [-0.15, -0.1) is 0 Å². The minimum absolute atomic E-state index is 0.0387. The summed E-state index contributed by atoms with van der Waals surface area (Å²) in [7, 11) is 0. The molecule has 0 spiro atoms. The number of hydrogen-bond acceptors (Lipinski definition) is 5. The van der Waals surface area contributed by atoms with E-state index in [2.05, 4.69) is 38.2 Å². The molecule has 0 aliphatic rings. The van der Waals surface area contributed by atoms with Crippen molar-refractivity contribution < 1.29 is 23.5 Å². The number of rotatable bonds is 2. The van der Waals surface area contributed by atoms with Gasteiger partial charge in [-0.25, -0.2) is 19.0 Å². The Kier molecular flexibility index (Phi) is 8.00. The summed E-state index contributed by atoms with van der Waals surface area (Å²) >= 11 is 2.05. The summed E-state index contributed by atoms with van der Waals surface area (Å²) < 4.78 is 24.6. The van der Waals surface area contributed by atoms with Crippen LogP contribution in [0.1, 0.15) is 47.1 Å². The monoisotopic (exact) mass is 493 g/mol. The molecular formula is C18H25FIN3O4. The van der Waals surface area contributed by atoms with Crippen LogP contribution in [0, 0.1) is 9.39 Å². The van der Waals surface area contributed by atoms with Crippen LogP contribution in [0.2, 0.25) is 0 Å². The molecule has 0 heterocycles. The van der Waals surface area contributed by atoms with Gasteiger partial charge in [-0.3, -0.25) is 10.6 Å². The van der Waals surface area contributed by atoms with Crippen molar-refractivity contribution >= 4 is 40.7 Å². The Morgan fingerprint density at radius 1 is 1.04 bits per heavy atom. The number of carbonyl (C=O) groups excluding carboxylic acids is 2. The molecule has 0 radical (unpaired) electrons. The molecule has 2 amide bonds. The lowest BCUT2D eigenvalue weighted by Crippen LogP contribution is -2.47. The smallest absolute Gasteiger partial charge is 0.414 e. The SMILES string of the molecule is CC(C)(C)OC(=O)NC(=NCc1cc(F)ccc1I)NC(=O)OC(C)(C)C. The number of aliphatic imine (C=N–C) groups is 1. The van der Waals surface area contributed by atoms with Crippen LogP contribution in [0.4, 0.5) is 14.0 Å². The first-order chi connectivity index (χ1) is 12.2. The third kappa shape index (κ3) is 10.1. The number of guanidine groups is 1. The Hall–Kier alpha value is -1.91. The second-order valence-electron chi connectivity index (χ2n) is 7.65. The Morgan fingerprint density at radius 3 is 1.96 bits per heavy atom. The highest BCUT2D eigenvalue weighted by Crippen LogP contribution is 2.15. The van der Waals surface area contributed by atoms with Gasteiger partial charge in [-0.2, -0.15) is 0 Å². The molecule has 27 heavy (non-hydrogen) atoms. The quantitative estimate of drug-likeness (QED) is 0.365. The molecule has 0 bridgehead atoms. The van der Waals surface area contributed by atoms with E-state index in [0.29, 0.717) is 5.56 Å². The predicted octanol–water partition coefficient (Wildman–Crippen LogP) is 4.34. The van der Waals surface area contributed by atoms with Crippen molar-refractivity contribution in [3.8, 4) is 0 Å². The first kappa shape index (κ1) is 23.1. The Labute approximate surface area is 172 Å². The molecule has 1 rings (SSSR count). The summed E-state index contributed by atoms with van der Waals surface area (Å²) in [4.78, 5) is 28.2. The summed E-state index contributed by atoms with van der Waals surface area (Å²) in [6.45, 7) is 10.3. The van der Waals surface area contributed by atoms with E-state index in [4.69, 9.17) is 9.47 Å². The number of amides is 2. The first-order valence-corrected chi connectivity index (χ1v) is 9.31. The van der Waals surface area contributed by atoms with Crippen LogP contribution in [0.25, 0.3) is 0 Å². The summed E-state index contributed by atoms with van der Waals surface area (Å²) in [6.07, 6.45) is -1.57. The molecule has 0 aliphatic heterocycles. The second-order valence-corrected chi connectivity index (χ2v) is 8.82. The maximum absolute atomic E-state index is 13.4. The first-order valence-electron chi connectivity index (χ1n) is 8.23. The highest BCUT2D eigenvalue weighted by molar-refractivity contribution is 14.1. The van der Waals surface area contributed by atoms with Crippen molar-refractivity contribution in [3.63, 3.8) is 0 Å². The lowest BCUT2D eigenvalue weighted by atomic mass is 10.2. The molecule has 0 aliphatic carbocycles. The number of nitrogens with zero attached hydrogens (tertiary/aromatic N) is 1. The molecule has 2 N–H and O–H groups in total. The van der Waals surface area contributed by atoms with Crippen molar-refractivity contribution in [2.24, 2.45) is 4.99 Å². The average molecular weight is 493 g/mol. The Balaban J connectivity index is 2.96. The molecule has 0 fully saturated rings. The number of benzene rings is 1. The summed E-state index contributed by atoms with van der Waals surface area (Å²) in [6, 6.07) is 4.29. The second kappa shape index (κ2) is 9.34. The van der Waals surface area contributed by atoms with Crippen molar-refractivity contribution in [3.05, 3.63) is 33.1 Å². The Morgan fingerprint density at radius 2 is 1.52 bits per heavy atom. The van der Waals surface area contributed by atoms with Gasteiger partial charge in [-0.05, 0) is 87.9 Å². The molecular weight excluding hydrogens is 468 g/mol. The van der Waals surface area contributed by atoms with Gasteiger partial charge in [0.1, 0.15) is 17.0 Å². The fraction of sp³-hybridized carbons (Fsp3) is 0.500. The van der Waals surface area contributed by atoms with E-state index in [1.807, 2.05) is 0 Å². The molecule has 0 atom stereocenters. The van der Waals surface area contributed by atoms with E-state index in [-0.39, 0.29) is 12.5 Å². The molecule has 150 valence electrons. The van der Waals surface area contributed by atoms with Crippen LogP contribution in [0.3, 0.4) is 0 Å². The largest absolute Gasteiger partial charge is 0.444 e. The number of nitrogens with one attached hydrogen (secondary N) is 2. The Bertz CT molecular complexity index is 692. The van der Waals surface area contributed by atoms with Gasteiger partial charge in [0.25, 0.3) is 0 Å². The lowest BCUT2D eigenvalue weighted by Gasteiger charge is -2.22. The van der Waals surface area contributed by atoms with Crippen molar-refractivity contribution in [1.29, 1.82) is 0 Å². The highest BCUT2D eigenvalue weighted by atomic mass is 127. The molecule has 0 saturated carbocycles. The summed E-state index contributed by atoms with van der Waals surface area (Å²) in [5.74, 6) is -0.555. The van der Waals surface area contributed by atoms with Crippen molar-refractivity contribution in [1.82, 2.24) is 10.6 Å². The van der Waals surface area contributed by atoms with Crippen LogP contribution in [-0.2, 0) is 16.0 Å². The van der Waals surface area contributed by atoms with Gasteiger partial charge >= 0.3 is 12.2 Å². The minimum atomic E-state index is -0.786. The van der Waals surface area contributed by atoms with Crippen LogP contribution in [-0.4, -0.2) is 29.3 Å². The average Bonchev–Trinajstić information content (AvgIpc) is 2.43. The van der Waals surface area contributed by atoms with Gasteiger partial charge in [0, 0.05) is 3.57 Å². The van der Waals surface area contributed by atoms with Crippen molar-refractivity contribution in [2.75, 3.05) is 0 Å². The topological polar surface area (TPSA) is 89.0 Å². The fourth-order valence-corrected chi connectivity index (χ4v) is 2.25. The number of halogens is 2. The zero-order chi connectivity index (χ0) is 20.8. The molecule has 0 saturated heterocycles. The van der Waals surface area contributed by atoms with E-state index >= 15 is 0 Å². The van der Waals surface area contributed by atoms with E-state index in [1.165, 1.54) is 12.1 Å². The van der Waals surface area contributed by atoms with E-state index in [0.717, 1.165) is 3.57 Å². The number of carbonyl (C=O) groups is 2. The molecule has 0 aromatic heterocycles. The summed E-state index contributed by atoms with van der Waals surface area (Å²) in [5.41, 5.74) is -0.844. The molecule has 9 heteroatoms. The highest BCUT2D eigenvalue weighted by Gasteiger charge is 2.21. The molecule has 7 nitrogen and oxygen atoms in total. The van der Waals surface area contributed by atoms with Gasteiger partial charge in [0.05, 0.1) is 6.54 Å². The van der Waals surface area contributed by atoms with E-state index in [1.54, 1.807) is 47.6 Å². The molecule has 0 unspecified atom stereocenters. The number of alkyl carbamates (subject to hydrolysis) is 2. The summed E-state index contributed by atoms with van der Waals surface area (Å²) in [5, 5.41) is 4.75. The van der Waals surface area contributed by atoms with Gasteiger partial charge in [-0.1, -0.05) is 0 Å². The third-order valence-corrected chi connectivity index (χ3v) is 3.71. The molecule has 1 aromatic carbocycles. The normalized spacial score (nSPS) is 11.4. The van der Waals surface area contributed by atoms with Gasteiger partial charge in [0.15, 0.2) is 0 Å². The standard InChI is InChI=1S/C18H25FIN3O4/c1-17(2,3)26-15(24)22-14(23-16(25)27-18(4,5)6)21-10-11-9-12(19)7-8-13(11)20/h7-9H,10H2,1-6H3,(H2,21,22,23,24,25). The van der Waals surface area contributed by atoms with E-state index < -0.39 is 29.2 Å². The van der Waals surface area contributed by atoms with Gasteiger partial charge in [0.2, 0.25) is 5.96 Å². The minimum Gasteiger partial charge on any atom is -0.444 e. The zero-order valence-electron chi connectivity index (χ0n) is 16.3. The van der Waals surface area contributed by atoms with Crippen LogP contribution < -0.4 is 10.6 Å². The number of hydrogen-bond donors (Lipinski definition) is 2. The number of ether oxygens (including phenoxy) is 2. The van der Waals surface area contributed by atoms with E-state index in [9.17, 15) is 14.0 Å². The maximum Gasteiger partial charge on any atom is 0.414 e. The fourth-order valence-electron chi connectivity index (χ4n) is 1.74. The molecule has 1 aromatic rings. The van der Waals surface area contributed by atoms with Crippen LogP contribution in [0.15, 0.2) is 23.2 Å². The zero-order valence-corrected chi connectivity index (χ0v) is 18.4.